The maximum absolute atomic E-state index is 9.30. The van der Waals surface area contributed by atoms with Crippen molar-refractivity contribution in [1.82, 2.24) is 20.2 Å². The number of rotatable bonds is 5. The van der Waals surface area contributed by atoms with Gasteiger partial charge in [-0.1, -0.05) is 0 Å². The summed E-state index contributed by atoms with van der Waals surface area (Å²) in [4.78, 5) is 0. The van der Waals surface area contributed by atoms with Crippen LogP contribution in [0.2, 0.25) is 0 Å². The predicted molar refractivity (Wildman–Crippen MR) is 64.4 cm³/mol. The minimum absolute atomic E-state index is 0.218. The lowest BCUT2D eigenvalue weighted by Gasteiger charge is -2.10. The number of nitrogens with zero attached hydrogens (tertiary/aromatic N) is 4. The van der Waals surface area contributed by atoms with Crippen LogP contribution in [0.4, 0.5) is 5.69 Å². The number of aliphatic hydroxyl groups excluding tert-OH is 1. The number of alkyl halides is 1. The summed E-state index contributed by atoms with van der Waals surface area (Å²) in [5.74, 6) is 0.218. The fourth-order valence-electron chi connectivity index (χ4n) is 1.30. The zero-order valence-corrected chi connectivity index (χ0v) is 9.75. The van der Waals surface area contributed by atoms with Gasteiger partial charge in [-0.15, -0.1) is 16.7 Å². The monoisotopic (exact) mass is 253 g/mol. The molecule has 0 aliphatic heterocycles. The van der Waals surface area contributed by atoms with Gasteiger partial charge >= 0.3 is 0 Å². The van der Waals surface area contributed by atoms with Crippen molar-refractivity contribution in [2.75, 3.05) is 17.7 Å². The molecule has 0 aliphatic rings. The van der Waals surface area contributed by atoms with E-state index < -0.39 is 6.10 Å². The Kier molecular flexibility index (Phi) is 3.89. The van der Waals surface area contributed by atoms with Crippen LogP contribution in [0, 0.1) is 0 Å². The van der Waals surface area contributed by atoms with Crippen molar-refractivity contribution < 1.29 is 5.11 Å². The van der Waals surface area contributed by atoms with Crippen LogP contribution < -0.4 is 5.32 Å². The number of hydrogen-bond donors (Lipinski definition) is 2. The van der Waals surface area contributed by atoms with Gasteiger partial charge < -0.3 is 10.4 Å². The molecule has 1 unspecified atom stereocenters. The molecular formula is C10H12ClN5O. The molecule has 17 heavy (non-hydrogen) atoms. The van der Waals surface area contributed by atoms with Crippen molar-refractivity contribution in [1.29, 1.82) is 0 Å². The first-order chi connectivity index (χ1) is 8.29. The second kappa shape index (κ2) is 5.60. The largest absolute Gasteiger partial charge is 0.390 e. The zero-order chi connectivity index (χ0) is 12.1. The summed E-state index contributed by atoms with van der Waals surface area (Å²) in [7, 11) is 0. The van der Waals surface area contributed by atoms with E-state index in [1.54, 1.807) is 4.68 Å². The number of hydrogen-bond acceptors (Lipinski definition) is 5. The maximum atomic E-state index is 9.30. The van der Waals surface area contributed by atoms with Gasteiger partial charge in [0.15, 0.2) is 0 Å². The van der Waals surface area contributed by atoms with Gasteiger partial charge in [0.05, 0.1) is 17.7 Å². The van der Waals surface area contributed by atoms with Crippen LogP contribution >= 0.6 is 11.6 Å². The maximum Gasteiger partial charge on any atom is 0.143 e. The van der Waals surface area contributed by atoms with Gasteiger partial charge in [-0.3, -0.25) is 0 Å². The quantitative estimate of drug-likeness (QED) is 0.766. The molecule has 0 radical (unpaired) electrons. The number of halogens is 1. The summed E-state index contributed by atoms with van der Waals surface area (Å²) in [6.07, 6.45) is 0.982. The van der Waals surface area contributed by atoms with E-state index in [2.05, 4.69) is 20.8 Å². The lowest BCUT2D eigenvalue weighted by Crippen LogP contribution is -2.20. The van der Waals surface area contributed by atoms with Gasteiger partial charge in [0.25, 0.3) is 0 Å². The minimum Gasteiger partial charge on any atom is -0.390 e. The lowest BCUT2D eigenvalue weighted by molar-refractivity contribution is 0.211. The van der Waals surface area contributed by atoms with Crippen LogP contribution in [0.3, 0.4) is 0 Å². The Morgan fingerprint density at radius 2 is 2.12 bits per heavy atom. The number of aromatic nitrogens is 4. The second-order valence-corrected chi connectivity index (χ2v) is 3.80. The highest BCUT2D eigenvalue weighted by Gasteiger charge is 2.02. The standard InChI is InChI=1S/C10H12ClN5O/c11-5-10(17)6-12-8-1-3-9(4-2-8)16-7-13-14-15-16/h1-4,7,10,12,17H,5-6H2. The van der Waals surface area contributed by atoms with Crippen LogP contribution in [0.15, 0.2) is 30.6 Å². The van der Waals surface area contributed by atoms with Crippen LogP contribution in [0.25, 0.3) is 5.69 Å². The molecule has 0 amide bonds. The van der Waals surface area contributed by atoms with Crippen molar-refractivity contribution in [3.63, 3.8) is 0 Å². The summed E-state index contributed by atoms with van der Waals surface area (Å²) in [5.41, 5.74) is 1.78. The molecule has 1 aromatic carbocycles. The van der Waals surface area contributed by atoms with Crippen LogP contribution in [0.5, 0.6) is 0 Å². The first-order valence-corrected chi connectivity index (χ1v) is 5.64. The first kappa shape index (κ1) is 11.8. The Labute approximate surface area is 103 Å². The molecule has 90 valence electrons. The topological polar surface area (TPSA) is 75.9 Å². The molecule has 0 bridgehead atoms. The summed E-state index contributed by atoms with van der Waals surface area (Å²) >= 11 is 5.50. The Bertz CT molecular complexity index is 444. The van der Waals surface area contributed by atoms with Crippen molar-refractivity contribution in [2.45, 2.75) is 6.10 Å². The molecule has 0 aliphatic carbocycles. The molecule has 0 saturated carbocycles. The summed E-state index contributed by atoms with van der Waals surface area (Å²) < 4.78 is 1.57. The molecule has 2 aromatic rings. The predicted octanol–water partition coefficient (Wildman–Crippen LogP) is 0.674. The van der Waals surface area contributed by atoms with E-state index in [1.165, 1.54) is 6.33 Å². The normalized spacial score (nSPS) is 12.4. The lowest BCUT2D eigenvalue weighted by atomic mass is 10.2. The SMILES string of the molecule is OC(CCl)CNc1ccc(-n2cnnn2)cc1. The van der Waals surface area contributed by atoms with Gasteiger partial charge in [-0.25, -0.2) is 4.68 Å². The number of tetrazole rings is 1. The zero-order valence-electron chi connectivity index (χ0n) is 8.99. The number of anilines is 1. The number of aliphatic hydroxyl groups is 1. The highest BCUT2D eigenvalue weighted by Crippen LogP contribution is 2.11. The number of nitrogens with one attached hydrogen (secondary N) is 1. The Balaban J connectivity index is 1.99. The van der Waals surface area contributed by atoms with Crippen LogP contribution in [0.1, 0.15) is 0 Å². The van der Waals surface area contributed by atoms with Crippen LogP contribution in [-0.2, 0) is 0 Å². The Hall–Kier alpha value is -1.66. The Morgan fingerprint density at radius 3 is 2.71 bits per heavy atom. The van der Waals surface area contributed by atoms with Crippen molar-refractivity contribution in [3.8, 4) is 5.69 Å². The van der Waals surface area contributed by atoms with E-state index >= 15 is 0 Å². The molecule has 0 spiro atoms. The molecule has 1 atom stereocenters. The smallest absolute Gasteiger partial charge is 0.143 e. The van der Waals surface area contributed by atoms with Gasteiger partial charge in [-0.05, 0) is 34.7 Å². The van der Waals surface area contributed by atoms with Crippen molar-refractivity contribution in [3.05, 3.63) is 30.6 Å². The van der Waals surface area contributed by atoms with Gasteiger partial charge in [0.2, 0.25) is 0 Å². The van der Waals surface area contributed by atoms with Gasteiger partial charge in [-0.2, -0.15) is 0 Å². The molecule has 2 rings (SSSR count). The molecule has 1 aromatic heterocycles. The highest BCUT2D eigenvalue weighted by molar-refractivity contribution is 6.18. The van der Waals surface area contributed by atoms with Gasteiger partial charge in [0.1, 0.15) is 6.33 Å². The third-order valence-corrected chi connectivity index (χ3v) is 2.56. The third kappa shape index (κ3) is 3.15. The molecule has 6 nitrogen and oxygen atoms in total. The van der Waals surface area contributed by atoms with E-state index in [9.17, 15) is 5.11 Å². The summed E-state index contributed by atoms with van der Waals surface area (Å²) in [6, 6.07) is 7.54. The second-order valence-electron chi connectivity index (χ2n) is 3.49. The van der Waals surface area contributed by atoms with E-state index in [4.69, 9.17) is 11.6 Å². The average Bonchev–Trinajstić information content (AvgIpc) is 2.90. The van der Waals surface area contributed by atoms with E-state index in [0.29, 0.717) is 6.54 Å². The summed E-state index contributed by atoms with van der Waals surface area (Å²) in [6.45, 7) is 0.424. The summed E-state index contributed by atoms with van der Waals surface area (Å²) in [5, 5.41) is 23.3. The first-order valence-electron chi connectivity index (χ1n) is 5.11. The molecule has 1 heterocycles. The Morgan fingerprint density at radius 1 is 1.35 bits per heavy atom. The van der Waals surface area contributed by atoms with Crippen molar-refractivity contribution in [2.24, 2.45) is 0 Å². The van der Waals surface area contributed by atoms with Crippen molar-refractivity contribution >= 4 is 17.3 Å². The van der Waals surface area contributed by atoms with E-state index in [1.807, 2.05) is 24.3 Å². The van der Waals surface area contributed by atoms with Gasteiger partial charge in [0, 0.05) is 12.2 Å². The molecule has 0 fully saturated rings. The highest BCUT2D eigenvalue weighted by atomic mass is 35.5. The molecular weight excluding hydrogens is 242 g/mol. The molecule has 7 heteroatoms. The van der Waals surface area contributed by atoms with E-state index in [0.717, 1.165) is 11.4 Å². The van der Waals surface area contributed by atoms with Crippen LogP contribution in [-0.4, -0.2) is 43.8 Å². The average molecular weight is 254 g/mol. The molecule has 0 saturated heterocycles. The van der Waals surface area contributed by atoms with E-state index in [-0.39, 0.29) is 5.88 Å². The number of benzene rings is 1. The fraction of sp³-hybridized carbons (Fsp3) is 0.300. The minimum atomic E-state index is -0.546. The molecule has 2 N–H and O–H groups in total. The fourth-order valence-corrected chi connectivity index (χ4v) is 1.41. The third-order valence-electron chi connectivity index (χ3n) is 2.20.